The van der Waals surface area contributed by atoms with Gasteiger partial charge < -0.3 is 15.4 Å². The van der Waals surface area contributed by atoms with E-state index in [4.69, 9.17) is 22.1 Å². The predicted molar refractivity (Wildman–Crippen MR) is 114 cm³/mol. The molecule has 0 spiro atoms. The number of halogens is 3. The van der Waals surface area contributed by atoms with Crippen LogP contribution in [0, 0.1) is 5.92 Å². The van der Waals surface area contributed by atoms with Gasteiger partial charge in [-0.3, -0.25) is 9.69 Å². The van der Waals surface area contributed by atoms with Crippen LogP contribution in [-0.2, 0) is 9.53 Å². The van der Waals surface area contributed by atoms with Crippen molar-refractivity contribution in [1.29, 1.82) is 0 Å². The molecule has 2 fully saturated rings. The Kier molecular flexibility index (Phi) is 10.4. The number of nitrogens with zero attached hydrogens (tertiary/aromatic N) is 2. The van der Waals surface area contributed by atoms with E-state index >= 15 is 0 Å². The van der Waals surface area contributed by atoms with Gasteiger partial charge in [-0.25, -0.2) is 0 Å². The third kappa shape index (κ3) is 6.21. The number of hydrogen-bond donors (Lipinski definition) is 1. The van der Waals surface area contributed by atoms with Gasteiger partial charge >= 0.3 is 0 Å². The van der Waals surface area contributed by atoms with Gasteiger partial charge in [0, 0.05) is 50.5 Å². The minimum absolute atomic E-state index is 0. The number of benzene rings is 1. The largest absolute Gasteiger partial charge is 0.381 e. The van der Waals surface area contributed by atoms with E-state index in [1.807, 2.05) is 17.0 Å². The van der Waals surface area contributed by atoms with Crippen LogP contribution in [0.15, 0.2) is 24.3 Å². The maximum absolute atomic E-state index is 12.7. The molecular weight excluding hydrogens is 409 g/mol. The Morgan fingerprint density at radius 1 is 1.11 bits per heavy atom. The minimum Gasteiger partial charge on any atom is -0.381 e. The summed E-state index contributed by atoms with van der Waals surface area (Å²) in [4.78, 5) is 17.1. The summed E-state index contributed by atoms with van der Waals surface area (Å²) in [5, 5.41) is 0.758. The molecule has 1 aromatic carbocycles. The van der Waals surface area contributed by atoms with Gasteiger partial charge in [-0.1, -0.05) is 23.7 Å². The summed E-state index contributed by atoms with van der Waals surface area (Å²) < 4.78 is 5.37. The highest BCUT2D eigenvalue weighted by Gasteiger charge is 2.32. The highest BCUT2D eigenvalue weighted by Crippen LogP contribution is 2.24. The van der Waals surface area contributed by atoms with Crippen molar-refractivity contribution in [2.24, 2.45) is 11.7 Å². The van der Waals surface area contributed by atoms with Crippen LogP contribution in [0.4, 0.5) is 0 Å². The lowest BCUT2D eigenvalue weighted by Crippen LogP contribution is -2.55. The van der Waals surface area contributed by atoms with Gasteiger partial charge in [-0.05, 0) is 43.4 Å². The van der Waals surface area contributed by atoms with Crippen LogP contribution in [-0.4, -0.2) is 61.1 Å². The average molecular weight is 439 g/mol. The average Bonchev–Trinajstić information content (AvgIpc) is 2.67. The maximum atomic E-state index is 12.7. The standard InChI is InChI=1S/C19H28ClN3O2.2ClH/c1-14(15-2-4-17(20)5-3-15)22-8-10-23(11-9-22)19(24)18(21)16-6-12-25-13-7-16;;/h2-5,14,16,18H,6-13,21H2,1H3;2*1H. The lowest BCUT2D eigenvalue weighted by atomic mass is 9.91. The number of hydrogen-bond acceptors (Lipinski definition) is 4. The number of amides is 1. The molecule has 2 heterocycles. The van der Waals surface area contributed by atoms with E-state index in [2.05, 4.69) is 24.0 Å². The zero-order valence-corrected chi connectivity index (χ0v) is 18.1. The zero-order valence-electron chi connectivity index (χ0n) is 15.7. The molecule has 2 saturated heterocycles. The highest BCUT2D eigenvalue weighted by molar-refractivity contribution is 6.30. The molecule has 8 heteroatoms. The lowest BCUT2D eigenvalue weighted by molar-refractivity contribution is -0.136. The fourth-order valence-electron chi connectivity index (χ4n) is 3.77. The van der Waals surface area contributed by atoms with Crippen LogP contribution in [0.1, 0.15) is 31.4 Å². The summed E-state index contributed by atoms with van der Waals surface area (Å²) in [6.45, 7) is 6.87. The van der Waals surface area contributed by atoms with Crippen molar-refractivity contribution < 1.29 is 9.53 Å². The number of nitrogens with two attached hydrogens (primary N) is 1. The molecular formula is C19H30Cl3N3O2. The first kappa shape index (κ1) is 24.5. The Morgan fingerprint density at radius 2 is 1.67 bits per heavy atom. The number of piperazine rings is 1. The van der Waals surface area contributed by atoms with Crippen molar-refractivity contribution >= 4 is 42.3 Å². The summed E-state index contributed by atoms with van der Waals surface area (Å²) in [5.74, 6) is 0.359. The maximum Gasteiger partial charge on any atom is 0.239 e. The van der Waals surface area contributed by atoms with Crippen molar-refractivity contribution in [3.63, 3.8) is 0 Å². The highest BCUT2D eigenvalue weighted by atomic mass is 35.5. The first-order chi connectivity index (χ1) is 12.1. The summed E-state index contributed by atoms with van der Waals surface area (Å²) in [7, 11) is 0. The Labute approximate surface area is 179 Å². The monoisotopic (exact) mass is 437 g/mol. The van der Waals surface area contributed by atoms with E-state index in [9.17, 15) is 4.79 Å². The second kappa shape index (κ2) is 11.4. The van der Waals surface area contributed by atoms with Crippen LogP contribution in [0.3, 0.4) is 0 Å². The van der Waals surface area contributed by atoms with Crippen molar-refractivity contribution in [1.82, 2.24) is 9.80 Å². The lowest BCUT2D eigenvalue weighted by Gasteiger charge is -2.40. The van der Waals surface area contributed by atoms with E-state index in [-0.39, 0.29) is 42.7 Å². The minimum atomic E-state index is -0.385. The molecule has 2 unspecified atom stereocenters. The molecule has 0 bridgehead atoms. The SMILES string of the molecule is CC(c1ccc(Cl)cc1)N1CCN(C(=O)C(N)C2CCOCC2)CC1.Cl.Cl. The molecule has 2 N–H and O–H groups in total. The Balaban J connectivity index is 0.00000182. The van der Waals surface area contributed by atoms with Gasteiger partial charge in [-0.15, -0.1) is 24.8 Å². The van der Waals surface area contributed by atoms with E-state index in [1.54, 1.807) is 0 Å². The van der Waals surface area contributed by atoms with Gasteiger partial charge in [0.15, 0.2) is 0 Å². The number of rotatable bonds is 4. The molecule has 0 radical (unpaired) electrons. The Morgan fingerprint density at radius 3 is 2.22 bits per heavy atom. The molecule has 0 aromatic heterocycles. The Bertz CT molecular complexity index is 574. The first-order valence-electron chi connectivity index (χ1n) is 9.18. The van der Waals surface area contributed by atoms with E-state index < -0.39 is 0 Å². The summed E-state index contributed by atoms with van der Waals surface area (Å²) in [6.07, 6.45) is 1.78. The zero-order chi connectivity index (χ0) is 17.8. The first-order valence-corrected chi connectivity index (χ1v) is 9.55. The Hall–Kier alpha value is -0.560. The van der Waals surface area contributed by atoms with Crippen LogP contribution in [0.25, 0.3) is 0 Å². The number of ether oxygens (including phenoxy) is 1. The van der Waals surface area contributed by atoms with Crippen molar-refractivity contribution in [3.8, 4) is 0 Å². The fourth-order valence-corrected chi connectivity index (χ4v) is 3.90. The van der Waals surface area contributed by atoms with Crippen molar-refractivity contribution in [2.75, 3.05) is 39.4 Å². The predicted octanol–water partition coefficient (Wildman–Crippen LogP) is 3.14. The van der Waals surface area contributed by atoms with E-state index in [0.29, 0.717) is 6.04 Å². The van der Waals surface area contributed by atoms with Crippen LogP contribution >= 0.6 is 36.4 Å². The molecule has 3 rings (SSSR count). The second-order valence-corrected chi connectivity index (χ2v) is 7.50. The number of carbonyl (C=O) groups is 1. The molecule has 1 aromatic rings. The van der Waals surface area contributed by atoms with Crippen LogP contribution in [0.5, 0.6) is 0 Å². The molecule has 0 saturated carbocycles. The van der Waals surface area contributed by atoms with Gasteiger partial charge in [-0.2, -0.15) is 0 Å². The third-order valence-corrected chi connectivity index (χ3v) is 5.84. The van der Waals surface area contributed by atoms with Gasteiger partial charge in [0.05, 0.1) is 6.04 Å². The van der Waals surface area contributed by atoms with Crippen LogP contribution < -0.4 is 5.73 Å². The van der Waals surface area contributed by atoms with Gasteiger partial charge in [0.2, 0.25) is 5.91 Å². The van der Waals surface area contributed by atoms with E-state index in [0.717, 1.165) is 57.3 Å². The quantitative estimate of drug-likeness (QED) is 0.784. The summed E-state index contributed by atoms with van der Waals surface area (Å²) in [6, 6.07) is 7.94. The van der Waals surface area contributed by atoms with E-state index in [1.165, 1.54) is 5.56 Å². The molecule has 27 heavy (non-hydrogen) atoms. The van der Waals surface area contributed by atoms with Gasteiger partial charge in [0.25, 0.3) is 0 Å². The summed E-state index contributed by atoms with van der Waals surface area (Å²) in [5.41, 5.74) is 7.50. The molecule has 0 aliphatic carbocycles. The third-order valence-electron chi connectivity index (χ3n) is 5.59. The molecule has 2 atom stereocenters. The van der Waals surface area contributed by atoms with Gasteiger partial charge in [0.1, 0.15) is 0 Å². The summed E-state index contributed by atoms with van der Waals surface area (Å²) >= 11 is 5.97. The normalized spacial score (nSPS) is 20.9. The molecule has 1 amide bonds. The molecule has 2 aliphatic rings. The topological polar surface area (TPSA) is 58.8 Å². The fraction of sp³-hybridized carbons (Fsp3) is 0.632. The molecule has 5 nitrogen and oxygen atoms in total. The molecule has 154 valence electrons. The number of carbonyl (C=O) groups excluding carboxylic acids is 1. The van der Waals surface area contributed by atoms with Crippen molar-refractivity contribution in [2.45, 2.75) is 31.8 Å². The smallest absolute Gasteiger partial charge is 0.239 e. The molecule has 2 aliphatic heterocycles. The second-order valence-electron chi connectivity index (χ2n) is 7.06. The van der Waals surface area contributed by atoms with Crippen molar-refractivity contribution in [3.05, 3.63) is 34.9 Å². The van der Waals surface area contributed by atoms with Crippen LogP contribution in [0.2, 0.25) is 5.02 Å².